The number of methoxy groups -OCH3 is 1. The van der Waals surface area contributed by atoms with Gasteiger partial charge >= 0.3 is 0 Å². The van der Waals surface area contributed by atoms with Gasteiger partial charge in [-0.15, -0.1) is 0 Å². The molecule has 72 valence electrons. The van der Waals surface area contributed by atoms with Gasteiger partial charge in [-0.3, -0.25) is 0 Å². The van der Waals surface area contributed by atoms with Gasteiger partial charge in [-0.05, 0) is 36.2 Å². The molecule has 1 aromatic carbocycles. The number of fused-ring (bicyclic) bond motifs is 1. The smallest absolute Gasteiger partial charge is 0.222 e. The molecule has 0 aliphatic rings. The highest BCUT2D eigenvalue weighted by Crippen LogP contribution is 2.25. The Balaban J connectivity index is 2.81. The average molecular weight is 209 g/mol. The molecule has 1 aromatic heterocycles. The summed E-state index contributed by atoms with van der Waals surface area (Å²) in [4.78, 5) is 8.04. The quantitative estimate of drug-likeness (QED) is 0.676. The molecule has 0 saturated heterocycles. The lowest BCUT2D eigenvalue weighted by Gasteiger charge is -2.05. The van der Waals surface area contributed by atoms with Crippen molar-refractivity contribution in [3.63, 3.8) is 0 Å². The number of hydrogen-bond acceptors (Lipinski definition) is 3. The number of ether oxygens (including phenoxy) is 1. The summed E-state index contributed by atoms with van der Waals surface area (Å²) in [5.41, 5.74) is 1.89. The maximum absolute atomic E-state index is 5.70. The summed E-state index contributed by atoms with van der Waals surface area (Å²) in [7, 11) is 1.63. The maximum Gasteiger partial charge on any atom is 0.222 e. The second kappa shape index (κ2) is 3.42. The molecule has 2 rings (SSSR count). The molecular weight excluding hydrogens is 200 g/mol. The summed E-state index contributed by atoms with van der Waals surface area (Å²) < 4.78 is 5.23. The van der Waals surface area contributed by atoms with Crippen LogP contribution in [0.4, 0.5) is 0 Å². The van der Waals surface area contributed by atoms with Gasteiger partial charge in [-0.2, -0.15) is 0 Å². The van der Waals surface area contributed by atoms with Gasteiger partial charge in [0, 0.05) is 6.20 Å². The monoisotopic (exact) mass is 208 g/mol. The van der Waals surface area contributed by atoms with E-state index < -0.39 is 0 Å². The Morgan fingerprint density at radius 3 is 2.86 bits per heavy atom. The number of rotatable bonds is 1. The van der Waals surface area contributed by atoms with E-state index in [0.717, 1.165) is 22.2 Å². The molecule has 0 atom stereocenters. The van der Waals surface area contributed by atoms with Crippen LogP contribution in [-0.2, 0) is 0 Å². The van der Waals surface area contributed by atoms with Crippen LogP contribution in [-0.4, -0.2) is 17.1 Å². The van der Waals surface area contributed by atoms with Crippen molar-refractivity contribution in [2.45, 2.75) is 6.92 Å². The van der Waals surface area contributed by atoms with Crippen molar-refractivity contribution in [3.05, 3.63) is 29.2 Å². The highest BCUT2D eigenvalue weighted by atomic mass is 35.5. The molecular formula is C10H9ClN2O. The van der Waals surface area contributed by atoms with Gasteiger partial charge in [0.2, 0.25) is 5.28 Å². The van der Waals surface area contributed by atoms with Crippen LogP contribution in [0.3, 0.4) is 0 Å². The van der Waals surface area contributed by atoms with Gasteiger partial charge < -0.3 is 4.74 Å². The molecule has 0 aliphatic heterocycles. The molecule has 0 saturated carbocycles. The van der Waals surface area contributed by atoms with E-state index in [1.165, 1.54) is 0 Å². The highest BCUT2D eigenvalue weighted by Gasteiger charge is 2.04. The van der Waals surface area contributed by atoms with Crippen LogP contribution in [0.25, 0.3) is 10.9 Å². The number of aromatic nitrogens is 2. The fourth-order valence-electron chi connectivity index (χ4n) is 1.38. The SMILES string of the molecule is COc1cc(C)cc2nc(Cl)ncc12. The number of hydrogen-bond donors (Lipinski definition) is 0. The fraction of sp³-hybridized carbons (Fsp3) is 0.200. The zero-order valence-corrected chi connectivity index (χ0v) is 8.67. The number of benzene rings is 1. The molecule has 0 bridgehead atoms. The van der Waals surface area contributed by atoms with E-state index >= 15 is 0 Å². The van der Waals surface area contributed by atoms with Gasteiger partial charge in [0.25, 0.3) is 0 Å². The molecule has 0 N–H and O–H groups in total. The normalized spacial score (nSPS) is 10.5. The van der Waals surface area contributed by atoms with Crippen molar-refractivity contribution < 1.29 is 4.74 Å². The third-order valence-corrected chi connectivity index (χ3v) is 2.18. The molecule has 2 aromatic rings. The van der Waals surface area contributed by atoms with E-state index in [9.17, 15) is 0 Å². The Morgan fingerprint density at radius 1 is 1.36 bits per heavy atom. The Bertz CT molecular complexity index is 480. The van der Waals surface area contributed by atoms with Gasteiger partial charge in [0.15, 0.2) is 0 Å². The third-order valence-electron chi connectivity index (χ3n) is 2.00. The van der Waals surface area contributed by atoms with Crippen molar-refractivity contribution >= 4 is 22.5 Å². The maximum atomic E-state index is 5.70. The van der Waals surface area contributed by atoms with Crippen LogP contribution in [0.2, 0.25) is 5.28 Å². The van der Waals surface area contributed by atoms with Gasteiger partial charge in [-0.25, -0.2) is 9.97 Å². The summed E-state index contributed by atoms with van der Waals surface area (Å²) >= 11 is 5.70. The Morgan fingerprint density at radius 2 is 2.14 bits per heavy atom. The van der Waals surface area contributed by atoms with Crippen molar-refractivity contribution in [1.82, 2.24) is 9.97 Å². The van der Waals surface area contributed by atoms with Gasteiger partial charge in [0.1, 0.15) is 5.75 Å². The minimum absolute atomic E-state index is 0.255. The summed E-state index contributed by atoms with van der Waals surface area (Å²) in [6.07, 6.45) is 1.67. The minimum Gasteiger partial charge on any atom is -0.496 e. The van der Waals surface area contributed by atoms with Crippen LogP contribution in [0.1, 0.15) is 5.56 Å². The van der Waals surface area contributed by atoms with E-state index in [0.29, 0.717) is 0 Å². The first-order valence-corrected chi connectivity index (χ1v) is 4.55. The third kappa shape index (κ3) is 1.51. The highest BCUT2D eigenvalue weighted by molar-refractivity contribution is 6.28. The molecule has 0 radical (unpaired) electrons. The standard InChI is InChI=1S/C10H9ClN2O/c1-6-3-8-7(9(4-6)14-2)5-12-10(11)13-8/h3-5H,1-2H3. The van der Waals surface area contributed by atoms with Crippen molar-refractivity contribution in [3.8, 4) is 5.75 Å². The Labute approximate surface area is 86.7 Å². The van der Waals surface area contributed by atoms with Gasteiger partial charge in [0.05, 0.1) is 18.0 Å². The molecule has 0 aliphatic carbocycles. The van der Waals surface area contributed by atoms with Gasteiger partial charge in [-0.1, -0.05) is 0 Å². The molecule has 0 amide bonds. The van der Waals surface area contributed by atoms with E-state index in [1.54, 1.807) is 13.3 Å². The topological polar surface area (TPSA) is 35.0 Å². The Hall–Kier alpha value is -1.35. The molecule has 1 heterocycles. The van der Waals surface area contributed by atoms with Crippen LogP contribution in [0, 0.1) is 6.92 Å². The van der Waals surface area contributed by atoms with Crippen LogP contribution in [0.15, 0.2) is 18.3 Å². The average Bonchev–Trinajstić information content (AvgIpc) is 2.15. The van der Waals surface area contributed by atoms with E-state index in [4.69, 9.17) is 16.3 Å². The number of nitrogens with zero attached hydrogens (tertiary/aromatic N) is 2. The lowest BCUT2D eigenvalue weighted by Crippen LogP contribution is -1.90. The van der Waals surface area contributed by atoms with Crippen LogP contribution in [0.5, 0.6) is 5.75 Å². The van der Waals surface area contributed by atoms with Crippen molar-refractivity contribution in [2.24, 2.45) is 0 Å². The molecule has 0 fully saturated rings. The molecule has 0 spiro atoms. The van der Waals surface area contributed by atoms with Crippen molar-refractivity contribution in [1.29, 1.82) is 0 Å². The first-order valence-electron chi connectivity index (χ1n) is 4.17. The summed E-state index contributed by atoms with van der Waals surface area (Å²) in [6.45, 7) is 1.98. The van der Waals surface area contributed by atoms with Crippen LogP contribution >= 0.6 is 11.6 Å². The lowest BCUT2D eigenvalue weighted by atomic mass is 10.1. The fourth-order valence-corrected chi connectivity index (χ4v) is 1.52. The first-order chi connectivity index (χ1) is 6.70. The minimum atomic E-state index is 0.255. The van der Waals surface area contributed by atoms with Crippen molar-refractivity contribution in [2.75, 3.05) is 7.11 Å². The van der Waals surface area contributed by atoms with Crippen LogP contribution < -0.4 is 4.74 Å². The van der Waals surface area contributed by atoms with E-state index in [1.807, 2.05) is 19.1 Å². The molecule has 4 heteroatoms. The zero-order valence-electron chi connectivity index (χ0n) is 7.91. The van der Waals surface area contributed by atoms with E-state index in [2.05, 4.69) is 9.97 Å². The Kier molecular flexibility index (Phi) is 2.25. The zero-order chi connectivity index (χ0) is 10.1. The second-order valence-electron chi connectivity index (χ2n) is 3.04. The largest absolute Gasteiger partial charge is 0.496 e. The molecule has 3 nitrogen and oxygen atoms in total. The predicted octanol–water partition coefficient (Wildman–Crippen LogP) is 2.60. The summed E-state index contributed by atoms with van der Waals surface area (Å²) in [5.74, 6) is 0.775. The molecule has 14 heavy (non-hydrogen) atoms. The first kappa shape index (κ1) is 9.21. The predicted molar refractivity (Wildman–Crippen MR) is 55.8 cm³/mol. The molecule has 0 unspecified atom stereocenters. The summed E-state index contributed by atoms with van der Waals surface area (Å²) in [5, 5.41) is 1.13. The second-order valence-corrected chi connectivity index (χ2v) is 3.38. The number of aryl methyl sites for hydroxylation is 1. The number of halogens is 1. The lowest BCUT2D eigenvalue weighted by molar-refractivity contribution is 0.419. The summed E-state index contributed by atoms with van der Waals surface area (Å²) in [6, 6.07) is 3.89. The van der Waals surface area contributed by atoms with E-state index in [-0.39, 0.29) is 5.28 Å².